The summed E-state index contributed by atoms with van der Waals surface area (Å²) in [5.41, 5.74) is 2.25. The summed E-state index contributed by atoms with van der Waals surface area (Å²) in [7, 11) is 1.87. The molecule has 0 unspecified atom stereocenters. The fourth-order valence-electron chi connectivity index (χ4n) is 2.26. The maximum absolute atomic E-state index is 12.1. The van der Waals surface area contributed by atoms with Crippen LogP contribution in [0.4, 0.5) is 5.69 Å². The maximum Gasteiger partial charge on any atom is 0.238 e. The fraction of sp³-hybridized carbons (Fsp3) is 0.222. The number of amides is 1. The van der Waals surface area contributed by atoms with Crippen LogP contribution >= 0.6 is 11.6 Å². The molecule has 2 aromatic carbocycles. The van der Waals surface area contributed by atoms with Gasteiger partial charge in [-0.3, -0.25) is 14.5 Å². The topological polar surface area (TPSA) is 49.4 Å². The lowest BCUT2D eigenvalue weighted by Gasteiger charge is -2.16. The van der Waals surface area contributed by atoms with Crippen molar-refractivity contribution in [2.45, 2.75) is 13.5 Å². The molecule has 0 fully saturated rings. The number of nitrogens with one attached hydrogen (secondary N) is 1. The molecular formula is C18H19ClN2O2. The van der Waals surface area contributed by atoms with E-state index in [9.17, 15) is 9.59 Å². The zero-order valence-electron chi connectivity index (χ0n) is 13.2. The number of likely N-dealkylation sites (N-methyl/N-ethyl adjacent to an activating group) is 1. The van der Waals surface area contributed by atoms with Gasteiger partial charge in [-0.05, 0) is 43.8 Å². The highest BCUT2D eigenvalue weighted by molar-refractivity contribution is 6.30. The van der Waals surface area contributed by atoms with Crippen LogP contribution in [0.5, 0.6) is 0 Å². The number of nitrogens with zero attached hydrogens (tertiary/aromatic N) is 1. The van der Waals surface area contributed by atoms with Crippen molar-refractivity contribution >= 4 is 29.0 Å². The van der Waals surface area contributed by atoms with E-state index in [1.54, 1.807) is 24.3 Å². The summed E-state index contributed by atoms with van der Waals surface area (Å²) in [5.74, 6) is -0.158. The van der Waals surface area contributed by atoms with Gasteiger partial charge in [-0.1, -0.05) is 35.9 Å². The van der Waals surface area contributed by atoms with E-state index in [-0.39, 0.29) is 18.2 Å². The summed E-state index contributed by atoms with van der Waals surface area (Å²) in [6.45, 7) is 2.37. The van der Waals surface area contributed by atoms with Gasteiger partial charge < -0.3 is 5.32 Å². The molecule has 0 aliphatic heterocycles. The molecular weight excluding hydrogens is 312 g/mol. The van der Waals surface area contributed by atoms with E-state index in [1.165, 1.54) is 6.92 Å². The van der Waals surface area contributed by atoms with Gasteiger partial charge in [0, 0.05) is 22.8 Å². The minimum Gasteiger partial charge on any atom is -0.325 e. The lowest BCUT2D eigenvalue weighted by molar-refractivity contribution is -0.117. The molecule has 0 aliphatic rings. The highest BCUT2D eigenvalue weighted by Crippen LogP contribution is 2.13. The number of carbonyl (C=O) groups is 2. The van der Waals surface area contributed by atoms with E-state index in [4.69, 9.17) is 11.6 Å². The third kappa shape index (κ3) is 5.51. The van der Waals surface area contributed by atoms with Crippen molar-refractivity contribution in [2.24, 2.45) is 0 Å². The van der Waals surface area contributed by atoms with E-state index >= 15 is 0 Å². The Hall–Kier alpha value is -2.17. The molecule has 0 atom stereocenters. The number of anilines is 1. The summed E-state index contributed by atoms with van der Waals surface area (Å²) in [6, 6.07) is 14.5. The number of ketones is 1. The maximum atomic E-state index is 12.1. The molecule has 2 rings (SSSR count). The second kappa shape index (κ2) is 7.90. The van der Waals surface area contributed by atoms with Gasteiger partial charge in [-0.25, -0.2) is 0 Å². The second-order valence-electron chi connectivity index (χ2n) is 5.49. The van der Waals surface area contributed by atoms with Crippen LogP contribution in [0.3, 0.4) is 0 Å². The molecule has 5 heteroatoms. The van der Waals surface area contributed by atoms with E-state index in [0.29, 0.717) is 22.8 Å². The molecule has 0 heterocycles. The fourth-order valence-corrected chi connectivity index (χ4v) is 2.48. The molecule has 0 saturated heterocycles. The van der Waals surface area contributed by atoms with Crippen LogP contribution in [0.25, 0.3) is 0 Å². The number of carbonyl (C=O) groups excluding carboxylic acids is 2. The minimum atomic E-state index is -0.129. The third-order valence-electron chi connectivity index (χ3n) is 3.31. The Morgan fingerprint density at radius 1 is 1.13 bits per heavy atom. The monoisotopic (exact) mass is 330 g/mol. The molecule has 120 valence electrons. The Bertz CT molecular complexity index is 716. The predicted molar refractivity (Wildman–Crippen MR) is 92.9 cm³/mol. The van der Waals surface area contributed by atoms with Crippen LogP contribution in [0.2, 0.25) is 5.02 Å². The van der Waals surface area contributed by atoms with Gasteiger partial charge in [-0.15, -0.1) is 0 Å². The van der Waals surface area contributed by atoms with Gasteiger partial charge in [0.15, 0.2) is 5.78 Å². The number of rotatable bonds is 6. The molecule has 0 aromatic heterocycles. The average Bonchev–Trinajstić information content (AvgIpc) is 2.47. The first kappa shape index (κ1) is 17.2. The number of halogens is 1. The Morgan fingerprint density at radius 2 is 1.87 bits per heavy atom. The van der Waals surface area contributed by atoms with Gasteiger partial charge in [0.1, 0.15) is 0 Å². The number of hydrogen-bond acceptors (Lipinski definition) is 3. The SMILES string of the molecule is CC(=O)c1cccc(NC(=O)CN(C)Cc2cccc(Cl)c2)c1. The van der Waals surface area contributed by atoms with Crippen molar-refractivity contribution in [1.29, 1.82) is 0 Å². The van der Waals surface area contributed by atoms with E-state index < -0.39 is 0 Å². The van der Waals surface area contributed by atoms with Crippen molar-refractivity contribution in [3.63, 3.8) is 0 Å². The van der Waals surface area contributed by atoms with Gasteiger partial charge in [0.25, 0.3) is 0 Å². The molecule has 1 N–H and O–H groups in total. The van der Waals surface area contributed by atoms with E-state index in [2.05, 4.69) is 5.32 Å². The van der Waals surface area contributed by atoms with Crippen LogP contribution < -0.4 is 5.32 Å². The van der Waals surface area contributed by atoms with E-state index in [0.717, 1.165) is 5.56 Å². The van der Waals surface area contributed by atoms with Crippen molar-refractivity contribution in [1.82, 2.24) is 4.90 Å². The lowest BCUT2D eigenvalue weighted by atomic mass is 10.1. The van der Waals surface area contributed by atoms with Gasteiger partial charge in [0.2, 0.25) is 5.91 Å². The smallest absolute Gasteiger partial charge is 0.238 e. The summed E-state index contributed by atoms with van der Waals surface area (Å²) < 4.78 is 0. The first-order valence-electron chi connectivity index (χ1n) is 7.28. The molecule has 23 heavy (non-hydrogen) atoms. The molecule has 0 bridgehead atoms. The van der Waals surface area contributed by atoms with Crippen molar-refractivity contribution in [2.75, 3.05) is 18.9 Å². The average molecular weight is 331 g/mol. The minimum absolute atomic E-state index is 0.0285. The summed E-state index contributed by atoms with van der Waals surface area (Å²) >= 11 is 5.96. The summed E-state index contributed by atoms with van der Waals surface area (Å²) in [6.07, 6.45) is 0. The van der Waals surface area contributed by atoms with E-state index in [1.807, 2.05) is 36.2 Å². The van der Waals surface area contributed by atoms with Gasteiger partial charge >= 0.3 is 0 Å². The highest BCUT2D eigenvalue weighted by atomic mass is 35.5. The summed E-state index contributed by atoms with van der Waals surface area (Å²) in [5, 5.41) is 3.49. The van der Waals surface area contributed by atoms with Gasteiger partial charge in [0.05, 0.1) is 6.54 Å². The Kier molecular flexibility index (Phi) is 5.90. The van der Waals surface area contributed by atoms with Crippen LogP contribution in [-0.2, 0) is 11.3 Å². The number of Topliss-reactive ketones (excluding diaryl/α,β-unsaturated/α-hetero) is 1. The summed E-state index contributed by atoms with van der Waals surface area (Å²) in [4.78, 5) is 25.4. The largest absolute Gasteiger partial charge is 0.325 e. The molecule has 2 aromatic rings. The predicted octanol–water partition coefficient (Wildman–Crippen LogP) is 3.61. The molecule has 4 nitrogen and oxygen atoms in total. The Morgan fingerprint density at radius 3 is 2.57 bits per heavy atom. The molecule has 0 aliphatic carbocycles. The Labute approximate surface area is 141 Å². The van der Waals surface area contributed by atoms with Crippen LogP contribution in [-0.4, -0.2) is 30.2 Å². The molecule has 1 amide bonds. The van der Waals surface area contributed by atoms with Crippen molar-refractivity contribution in [3.05, 3.63) is 64.7 Å². The van der Waals surface area contributed by atoms with Crippen molar-refractivity contribution < 1.29 is 9.59 Å². The van der Waals surface area contributed by atoms with Crippen LogP contribution in [0.1, 0.15) is 22.8 Å². The Balaban J connectivity index is 1.91. The highest BCUT2D eigenvalue weighted by Gasteiger charge is 2.09. The first-order valence-corrected chi connectivity index (χ1v) is 7.65. The third-order valence-corrected chi connectivity index (χ3v) is 3.54. The van der Waals surface area contributed by atoms with Crippen LogP contribution in [0.15, 0.2) is 48.5 Å². The van der Waals surface area contributed by atoms with Crippen molar-refractivity contribution in [3.8, 4) is 0 Å². The first-order chi connectivity index (χ1) is 10.9. The molecule has 0 radical (unpaired) electrons. The second-order valence-corrected chi connectivity index (χ2v) is 5.92. The zero-order chi connectivity index (χ0) is 16.8. The quantitative estimate of drug-likeness (QED) is 0.823. The van der Waals surface area contributed by atoms with Gasteiger partial charge in [-0.2, -0.15) is 0 Å². The standard InChI is InChI=1S/C18H19ClN2O2/c1-13(22)15-6-4-8-17(10-15)20-18(23)12-21(2)11-14-5-3-7-16(19)9-14/h3-10H,11-12H2,1-2H3,(H,20,23). The molecule has 0 saturated carbocycles. The number of benzene rings is 2. The normalized spacial score (nSPS) is 10.6. The molecule has 0 spiro atoms. The lowest BCUT2D eigenvalue weighted by Crippen LogP contribution is -2.29. The number of hydrogen-bond donors (Lipinski definition) is 1. The zero-order valence-corrected chi connectivity index (χ0v) is 13.9. The van der Waals surface area contributed by atoms with Crippen LogP contribution in [0, 0.1) is 0 Å².